The highest BCUT2D eigenvalue weighted by Crippen LogP contribution is 2.38. The molecule has 2 atom stereocenters. The maximum Gasteiger partial charge on any atom is 0.274 e. The molecule has 2 aliphatic heterocycles. The van der Waals surface area contributed by atoms with Gasteiger partial charge in [-0.25, -0.2) is 4.98 Å². The van der Waals surface area contributed by atoms with Crippen molar-refractivity contribution < 1.29 is 24.2 Å². The quantitative estimate of drug-likeness (QED) is 0.169. The van der Waals surface area contributed by atoms with Crippen LogP contribution in [-0.4, -0.2) is 82.8 Å². The molecular weight excluding hydrogens is 646 g/mol. The molecule has 2 saturated heterocycles. The lowest BCUT2D eigenvalue weighted by atomic mass is 10.0. The molecule has 5 heterocycles. The number of carbonyl (C=O) groups is 2. The van der Waals surface area contributed by atoms with Gasteiger partial charge in [-0.1, -0.05) is 29.8 Å². The van der Waals surface area contributed by atoms with E-state index in [2.05, 4.69) is 30.8 Å². The molecule has 256 valence electrons. The first-order valence-electron chi connectivity index (χ1n) is 16.3. The van der Waals surface area contributed by atoms with Crippen LogP contribution in [0.25, 0.3) is 22.5 Å². The van der Waals surface area contributed by atoms with Crippen molar-refractivity contribution in [3.05, 3.63) is 82.3 Å². The van der Waals surface area contributed by atoms with Gasteiger partial charge in [0.1, 0.15) is 11.4 Å². The summed E-state index contributed by atoms with van der Waals surface area (Å²) in [6, 6.07) is 13.0. The Balaban J connectivity index is 1.18. The van der Waals surface area contributed by atoms with E-state index in [0.717, 1.165) is 41.6 Å². The van der Waals surface area contributed by atoms with Gasteiger partial charge in [0.05, 0.1) is 36.7 Å². The molecule has 2 aliphatic rings. The second-order valence-electron chi connectivity index (χ2n) is 12.3. The van der Waals surface area contributed by atoms with E-state index in [4.69, 9.17) is 26.1 Å². The molecule has 2 amide bonds. The predicted molar refractivity (Wildman–Crippen MR) is 187 cm³/mol. The van der Waals surface area contributed by atoms with Gasteiger partial charge in [0.2, 0.25) is 11.8 Å². The first-order chi connectivity index (χ1) is 23.7. The number of anilines is 1. The molecule has 0 aliphatic carbocycles. The average Bonchev–Trinajstić information content (AvgIpc) is 3.72. The Morgan fingerprint density at radius 2 is 1.96 bits per heavy atom. The van der Waals surface area contributed by atoms with E-state index in [1.165, 1.54) is 0 Å². The number of aromatic nitrogens is 3. The number of nitrogens with zero attached hydrogens (tertiary/aromatic N) is 4. The van der Waals surface area contributed by atoms with Gasteiger partial charge in [-0.3, -0.25) is 24.5 Å². The number of likely N-dealkylation sites (tertiary alicyclic amines) is 1. The second kappa shape index (κ2) is 15.3. The van der Waals surface area contributed by atoms with E-state index in [1.54, 1.807) is 32.7 Å². The molecule has 0 unspecified atom stereocenters. The van der Waals surface area contributed by atoms with Crippen LogP contribution < -0.4 is 25.4 Å². The summed E-state index contributed by atoms with van der Waals surface area (Å²) in [6.45, 7) is 5.07. The maximum atomic E-state index is 13.4. The number of halogens is 1. The number of aliphatic hydroxyl groups excluding tert-OH is 1. The molecule has 0 bridgehead atoms. The first-order valence-corrected chi connectivity index (χ1v) is 16.6. The minimum atomic E-state index is -0.381. The minimum absolute atomic E-state index is 0.0895. The van der Waals surface area contributed by atoms with Gasteiger partial charge in [-0.15, -0.1) is 0 Å². The van der Waals surface area contributed by atoms with Crippen molar-refractivity contribution in [1.82, 2.24) is 30.5 Å². The van der Waals surface area contributed by atoms with E-state index in [0.29, 0.717) is 71.9 Å². The molecule has 1 aromatic carbocycles. The van der Waals surface area contributed by atoms with Crippen LogP contribution in [0.1, 0.15) is 46.4 Å². The Bertz CT molecular complexity index is 1850. The number of benzene rings is 1. The third kappa shape index (κ3) is 7.83. The standard InChI is InChI=1S/C36H40ClN7O5/c1-21-26(5-4-6-28(21)42-35(47)30-15-31(48-2)23(17-40-30)19-44-14-12-25(45)20-44)34-33(37)27(11-13-39-34)29-9-7-22(36(43-29)49-3)16-38-18-24-8-10-32(46)41-24/h4-7,9,11,13,15,17,24-25,38,45H,8,10,12,14,16,18-20H2,1-3H3,(H,41,46)(H,42,47)/t24-,25+/m0/s1. The number of pyridine rings is 3. The molecule has 3 aromatic heterocycles. The van der Waals surface area contributed by atoms with Gasteiger partial charge in [-0.2, -0.15) is 0 Å². The first kappa shape index (κ1) is 34.3. The normalized spacial score (nSPS) is 17.6. The Morgan fingerprint density at radius 1 is 1.10 bits per heavy atom. The van der Waals surface area contributed by atoms with Crippen molar-refractivity contribution in [3.8, 4) is 34.1 Å². The van der Waals surface area contributed by atoms with Crippen LogP contribution in [0.4, 0.5) is 5.69 Å². The summed E-state index contributed by atoms with van der Waals surface area (Å²) in [5, 5.41) is 19.6. The lowest BCUT2D eigenvalue weighted by Crippen LogP contribution is -2.35. The van der Waals surface area contributed by atoms with Crippen LogP contribution in [0.3, 0.4) is 0 Å². The molecule has 4 aromatic rings. The number of methoxy groups -OCH3 is 2. The summed E-state index contributed by atoms with van der Waals surface area (Å²) >= 11 is 7.01. The summed E-state index contributed by atoms with van der Waals surface area (Å²) in [5.41, 5.74) is 5.94. The topological polar surface area (TPSA) is 151 Å². The number of aliphatic hydroxyl groups is 1. The van der Waals surface area contributed by atoms with Gasteiger partial charge >= 0.3 is 0 Å². The van der Waals surface area contributed by atoms with Crippen LogP contribution in [0.5, 0.6) is 11.6 Å². The molecule has 6 rings (SSSR count). The zero-order valence-corrected chi connectivity index (χ0v) is 28.5. The third-order valence-corrected chi connectivity index (χ3v) is 9.35. The minimum Gasteiger partial charge on any atom is -0.496 e. The largest absolute Gasteiger partial charge is 0.496 e. The number of β-amino-alcohol motifs (C(OH)–C–C–N with tert-alkyl or cyclic N) is 1. The molecule has 13 heteroatoms. The fraction of sp³-hybridized carbons (Fsp3) is 0.361. The summed E-state index contributed by atoms with van der Waals surface area (Å²) < 4.78 is 11.2. The summed E-state index contributed by atoms with van der Waals surface area (Å²) in [4.78, 5) is 40.8. The van der Waals surface area contributed by atoms with E-state index in [9.17, 15) is 14.7 Å². The van der Waals surface area contributed by atoms with Gasteiger partial charge in [0.25, 0.3) is 5.91 Å². The van der Waals surface area contributed by atoms with Crippen LogP contribution in [0, 0.1) is 6.92 Å². The van der Waals surface area contributed by atoms with E-state index in [-0.39, 0.29) is 29.7 Å². The highest BCUT2D eigenvalue weighted by Gasteiger charge is 2.23. The van der Waals surface area contributed by atoms with E-state index in [1.807, 2.05) is 43.3 Å². The van der Waals surface area contributed by atoms with Crippen LogP contribution >= 0.6 is 11.6 Å². The molecule has 0 saturated carbocycles. The molecule has 0 radical (unpaired) electrons. The number of amides is 2. The molecule has 4 N–H and O–H groups in total. The van der Waals surface area contributed by atoms with E-state index >= 15 is 0 Å². The van der Waals surface area contributed by atoms with Crippen molar-refractivity contribution in [2.45, 2.75) is 51.4 Å². The number of hydrogen-bond acceptors (Lipinski definition) is 10. The van der Waals surface area contributed by atoms with Crippen molar-refractivity contribution in [3.63, 3.8) is 0 Å². The Labute approximate surface area is 290 Å². The lowest BCUT2D eigenvalue weighted by molar-refractivity contribution is -0.119. The van der Waals surface area contributed by atoms with Gasteiger partial charge in [-0.05, 0) is 43.5 Å². The molecule has 0 spiro atoms. The number of nitrogens with one attached hydrogen (secondary N) is 3. The number of rotatable bonds is 12. The molecule has 2 fully saturated rings. The third-order valence-electron chi connectivity index (χ3n) is 8.96. The Hall–Kier alpha value is -4.62. The molecule has 12 nitrogen and oxygen atoms in total. The van der Waals surface area contributed by atoms with Crippen molar-refractivity contribution >= 4 is 29.1 Å². The summed E-state index contributed by atoms with van der Waals surface area (Å²) in [7, 11) is 3.14. The highest BCUT2D eigenvalue weighted by molar-refractivity contribution is 6.35. The fourth-order valence-corrected chi connectivity index (χ4v) is 6.59. The predicted octanol–water partition coefficient (Wildman–Crippen LogP) is 4.37. The molecular formula is C36H40ClN7O5. The number of carbonyl (C=O) groups excluding carboxylic acids is 2. The van der Waals surface area contributed by atoms with E-state index < -0.39 is 0 Å². The van der Waals surface area contributed by atoms with Gasteiger partial charge in [0.15, 0.2) is 0 Å². The highest BCUT2D eigenvalue weighted by atomic mass is 35.5. The van der Waals surface area contributed by atoms with Gasteiger partial charge in [0, 0.05) is 91.6 Å². The summed E-state index contributed by atoms with van der Waals surface area (Å²) in [5.74, 6) is 0.747. The van der Waals surface area contributed by atoms with Crippen LogP contribution in [0.15, 0.2) is 54.9 Å². The van der Waals surface area contributed by atoms with Gasteiger partial charge < -0.3 is 30.5 Å². The Kier molecular flexibility index (Phi) is 10.7. The summed E-state index contributed by atoms with van der Waals surface area (Å²) in [6.07, 6.45) is 5.14. The fourth-order valence-electron chi connectivity index (χ4n) is 6.28. The van der Waals surface area contributed by atoms with Crippen LogP contribution in [0.2, 0.25) is 5.02 Å². The lowest BCUT2D eigenvalue weighted by Gasteiger charge is -2.17. The van der Waals surface area contributed by atoms with Crippen molar-refractivity contribution in [1.29, 1.82) is 0 Å². The molecule has 49 heavy (non-hydrogen) atoms. The smallest absolute Gasteiger partial charge is 0.274 e. The monoisotopic (exact) mass is 685 g/mol. The maximum absolute atomic E-state index is 13.4. The van der Waals surface area contributed by atoms with Crippen molar-refractivity contribution in [2.24, 2.45) is 0 Å². The number of hydrogen-bond donors (Lipinski definition) is 4. The zero-order chi connectivity index (χ0) is 34.5. The van der Waals surface area contributed by atoms with Crippen LogP contribution in [-0.2, 0) is 17.9 Å². The average molecular weight is 686 g/mol. The zero-order valence-electron chi connectivity index (χ0n) is 27.8. The second-order valence-corrected chi connectivity index (χ2v) is 12.7. The van der Waals surface area contributed by atoms with Crippen molar-refractivity contribution in [2.75, 3.05) is 39.2 Å². The number of ether oxygens (including phenoxy) is 2. The Morgan fingerprint density at radius 3 is 2.69 bits per heavy atom. The SMILES string of the molecule is COc1cc(C(=O)Nc2cccc(-c3nccc(-c4ccc(CNC[C@@H]5CCC(=O)N5)c(OC)n4)c3Cl)c2C)ncc1CN1CC[C@@H](O)C1.